The molecule has 0 radical (unpaired) electrons. The van der Waals surface area contributed by atoms with Gasteiger partial charge in [-0.1, -0.05) is 19.4 Å². The highest BCUT2D eigenvalue weighted by molar-refractivity contribution is 5.42. The van der Waals surface area contributed by atoms with E-state index in [1.165, 1.54) is 13.2 Å². The first-order valence-corrected chi connectivity index (χ1v) is 5.40. The molecule has 0 aromatic heterocycles. The summed E-state index contributed by atoms with van der Waals surface area (Å²) in [4.78, 5) is 0. The van der Waals surface area contributed by atoms with E-state index < -0.39 is 12.1 Å². The summed E-state index contributed by atoms with van der Waals surface area (Å²) in [5.41, 5.74) is 6.59. The highest BCUT2D eigenvalue weighted by atomic mass is 16.5. The van der Waals surface area contributed by atoms with Crippen LogP contribution in [0.2, 0.25) is 0 Å². The fourth-order valence-electron chi connectivity index (χ4n) is 1.61. The number of hydrogen-bond donors (Lipinski definition) is 3. The van der Waals surface area contributed by atoms with Gasteiger partial charge in [-0.05, 0) is 24.1 Å². The average Bonchev–Trinajstić information content (AvgIpc) is 2.28. The zero-order valence-corrected chi connectivity index (χ0v) is 9.68. The van der Waals surface area contributed by atoms with Crippen LogP contribution in [0.5, 0.6) is 11.5 Å². The third-order valence-electron chi connectivity index (χ3n) is 2.59. The number of ether oxygens (including phenoxy) is 1. The highest BCUT2D eigenvalue weighted by Gasteiger charge is 2.17. The molecule has 0 saturated heterocycles. The Morgan fingerprint density at radius 3 is 2.62 bits per heavy atom. The van der Waals surface area contributed by atoms with Gasteiger partial charge in [0.15, 0.2) is 11.5 Å². The van der Waals surface area contributed by atoms with E-state index in [9.17, 15) is 10.2 Å². The number of aliphatic hydroxyl groups is 1. The molecule has 1 rings (SSSR count). The van der Waals surface area contributed by atoms with E-state index in [0.717, 1.165) is 6.42 Å². The third-order valence-corrected chi connectivity index (χ3v) is 2.59. The predicted octanol–water partition coefficient (Wildman–Crippen LogP) is 1.56. The molecule has 4 nitrogen and oxygen atoms in total. The van der Waals surface area contributed by atoms with Gasteiger partial charge in [-0.25, -0.2) is 0 Å². The minimum Gasteiger partial charge on any atom is -0.504 e. The summed E-state index contributed by atoms with van der Waals surface area (Å²) in [6.07, 6.45) is 0.933. The molecule has 0 amide bonds. The maximum atomic E-state index is 9.75. The van der Waals surface area contributed by atoms with E-state index in [2.05, 4.69) is 0 Å². The molecule has 0 unspecified atom stereocenters. The van der Waals surface area contributed by atoms with Crippen molar-refractivity contribution in [2.45, 2.75) is 31.9 Å². The summed E-state index contributed by atoms with van der Waals surface area (Å²) >= 11 is 0. The van der Waals surface area contributed by atoms with Crippen LogP contribution in [0.15, 0.2) is 18.2 Å². The first-order chi connectivity index (χ1) is 7.60. The number of methoxy groups -OCH3 is 1. The van der Waals surface area contributed by atoms with Gasteiger partial charge in [0.1, 0.15) is 0 Å². The monoisotopic (exact) mass is 225 g/mol. The van der Waals surface area contributed by atoms with Crippen molar-refractivity contribution < 1.29 is 14.9 Å². The Morgan fingerprint density at radius 1 is 1.44 bits per heavy atom. The van der Waals surface area contributed by atoms with E-state index in [1.807, 2.05) is 6.92 Å². The third kappa shape index (κ3) is 2.87. The Balaban J connectivity index is 2.84. The Morgan fingerprint density at radius 2 is 2.12 bits per heavy atom. The predicted molar refractivity (Wildman–Crippen MR) is 62.5 cm³/mol. The van der Waals surface area contributed by atoms with E-state index in [1.54, 1.807) is 12.1 Å². The van der Waals surface area contributed by atoms with Crippen LogP contribution in [-0.4, -0.2) is 23.4 Å². The molecule has 0 aliphatic carbocycles. The van der Waals surface area contributed by atoms with Crippen molar-refractivity contribution in [2.24, 2.45) is 5.73 Å². The van der Waals surface area contributed by atoms with Crippen LogP contribution in [0.3, 0.4) is 0 Å². The van der Waals surface area contributed by atoms with Crippen molar-refractivity contribution in [3.63, 3.8) is 0 Å². The molecule has 2 atom stereocenters. The molecule has 0 heterocycles. The largest absolute Gasteiger partial charge is 0.504 e. The van der Waals surface area contributed by atoms with Gasteiger partial charge in [0.2, 0.25) is 0 Å². The summed E-state index contributed by atoms with van der Waals surface area (Å²) in [6.45, 7) is 1.99. The molecule has 1 aromatic rings. The zero-order chi connectivity index (χ0) is 12.1. The smallest absolute Gasteiger partial charge is 0.160 e. The van der Waals surface area contributed by atoms with Crippen LogP contribution in [0.1, 0.15) is 31.4 Å². The van der Waals surface area contributed by atoms with Gasteiger partial charge in [-0.3, -0.25) is 0 Å². The first kappa shape index (κ1) is 12.8. The van der Waals surface area contributed by atoms with Crippen molar-refractivity contribution >= 4 is 0 Å². The van der Waals surface area contributed by atoms with E-state index in [4.69, 9.17) is 10.5 Å². The number of hydrogen-bond acceptors (Lipinski definition) is 4. The SMILES string of the molecule is CCC[C@@H](O)[C@@H](N)c1ccc(OC)c(O)c1. The molecule has 90 valence electrons. The van der Waals surface area contributed by atoms with Crippen molar-refractivity contribution in [3.8, 4) is 11.5 Å². The Kier molecular flexibility index (Phi) is 4.58. The minimum absolute atomic E-state index is 0.0409. The van der Waals surface area contributed by atoms with Crippen molar-refractivity contribution in [2.75, 3.05) is 7.11 Å². The van der Waals surface area contributed by atoms with Crippen LogP contribution in [0.4, 0.5) is 0 Å². The number of phenols is 1. The molecule has 4 heteroatoms. The van der Waals surface area contributed by atoms with E-state index in [0.29, 0.717) is 17.7 Å². The molecule has 0 aliphatic heterocycles. The molecule has 0 spiro atoms. The maximum absolute atomic E-state index is 9.75. The minimum atomic E-state index is -0.585. The zero-order valence-electron chi connectivity index (χ0n) is 9.68. The highest BCUT2D eigenvalue weighted by Crippen LogP contribution is 2.29. The summed E-state index contributed by atoms with van der Waals surface area (Å²) < 4.78 is 4.93. The topological polar surface area (TPSA) is 75.7 Å². The number of nitrogens with two attached hydrogens (primary N) is 1. The molecule has 1 aromatic carbocycles. The molecule has 16 heavy (non-hydrogen) atoms. The standard InChI is InChI=1S/C12H19NO3/c1-3-4-9(14)12(13)8-5-6-11(16-2)10(15)7-8/h5-7,9,12,14-15H,3-4,13H2,1-2H3/t9-,12+/m1/s1. The van der Waals surface area contributed by atoms with Crippen LogP contribution in [0, 0.1) is 0 Å². The van der Waals surface area contributed by atoms with E-state index >= 15 is 0 Å². The first-order valence-electron chi connectivity index (χ1n) is 5.40. The Hall–Kier alpha value is -1.26. The Labute approximate surface area is 95.7 Å². The van der Waals surface area contributed by atoms with Crippen molar-refractivity contribution in [1.82, 2.24) is 0 Å². The Bertz CT molecular complexity index is 341. The molecular formula is C12H19NO3. The van der Waals surface area contributed by atoms with Crippen LogP contribution in [0.25, 0.3) is 0 Å². The number of aromatic hydroxyl groups is 1. The second-order valence-electron chi connectivity index (χ2n) is 3.81. The molecular weight excluding hydrogens is 206 g/mol. The van der Waals surface area contributed by atoms with Gasteiger partial charge in [-0.2, -0.15) is 0 Å². The van der Waals surface area contributed by atoms with Gasteiger partial charge < -0.3 is 20.7 Å². The molecule has 0 fully saturated rings. The lowest BCUT2D eigenvalue weighted by Crippen LogP contribution is -2.25. The second kappa shape index (κ2) is 5.72. The molecule has 0 saturated carbocycles. The second-order valence-corrected chi connectivity index (χ2v) is 3.81. The number of phenolic OH excluding ortho intramolecular Hbond substituents is 1. The lowest BCUT2D eigenvalue weighted by atomic mass is 9.99. The number of rotatable bonds is 5. The fourth-order valence-corrected chi connectivity index (χ4v) is 1.61. The van der Waals surface area contributed by atoms with Gasteiger partial charge >= 0.3 is 0 Å². The number of aliphatic hydroxyl groups excluding tert-OH is 1. The molecule has 4 N–H and O–H groups in total. The average molecular weight is 225 g/mol. The summed E-state index contributed by atoms with van der Waals surface area (Å²) in [7, 11) is 1.49. The summed E-state index contributed by atoms with van der Waals surface area (Å²) in [5, 5.41) is 19.3. The molecule has 0 aliphatic rings. The normalized spacial score (nSPS) is 14.5. The van der Waals surface area contributed by atoms with Crippen molar-refractivity contribution in [3.05, 3.63) is 23.8 Å². The van der Waals surface area contributed by atoms with Gasteiger partial charge in [0.25, 0.3) is 0 Å². The molecule has 0 bridgehead atoms. The lowest BCUT2D eigenvalue weighted by Gasteiger charge is -2.19. The quantitative estimate of drug-likeness (QED) is 0.711. The lowest BCUT2D eigenvalue weighted by molar-refractivity contribution is 0.134. The van der Waals surface area contributed by atoms with Crippen molar-refractivity contribution in [1.29, 1.82) is 0 Å². The van der Waals surface area contributed by atoms with Gasteiger partial charge in [-0.15, -0.1) is 0 Å². The van der Waals surface area contributed by atoms with Crippen LogP contribution in [-0.2, 0) is 0 Å². The van der Waals surface area contributed by atoms with Gasteiger partial charge in [0, 0.05) is 0 Å². The van der Waals surface area contributed by atoms with Crippen LogP contribution < -0.4 is 10.5 Å². The van der Waals surface area contributed by atoms with E-state index in [-0.39, 0.29) is 5.75 Å². The summed E-state index contributed by atoms with van der Waals surface area (Å²) in [5.74, 6) is 0.445. The van der Waals surface area contributed by atoms with Gasteiger partial charge in [0.05, 0.1) is 19.3 Å². The number of benzene rings is 1. The summed E-state index contributed by atoms with van der Waals surface area (Å²) in [6, 6.07) is 4.45. The fraction of sp³-hybridized carbons (Fsp3) is 0.500. The van der Waals surface area contributed by atoms with Crippen LogP contribution >= 0.6 is 0 Å². The maximum Gasteiger partial charge on any atom is 0.160 e.